The van der Waals surface area contributed by atoms with Gasteiger partial charge in [0.05, 0.1) is 18.2 Å². The van der Waals surface area contributed by atoms with Crippen molar-refractivity contribution in [2.45, 2.75) is 13.8 Å². The van der Waals surface area contributed by atoms with E-state index in [-0.39, 0.29) is 18.4 Å². The number of anilines is 2. The fourth-order valence-electron chi connectivity index (χ4n) is 2.59. The van der Waals surface area contributed by atoms with Crippen molar-refractivity contribution < 1.29 is 9.53 Å². The lowest BCUT2D eigenvalue weighted by Crippen LogP contribution is -2.01. The van der Waals surface area contributed by atoms with Gasteiger partial charge in [-0.25, -0.2) is 4.79 Å². The number of benzene rings is 2. The Balaban J connectivity index is 0.00000208. The van der Waals surface area contributed by atoms with Gasteiger partial charge in [-0.05, 0) is 49.7 Å². The molecule has 5 heteroatoms. The number of aryl methyl sites for hydroxylation is 2. The van der Waals surface area contributed by atoms with Crippen molar-refractivity contribution in [3.63, 3.8) is 0 Å². The molecule has 0 aliphatic heterocycles. The second kappa shape index (κ2) is 7.32. The minimum atomic E-state index is -0.336. The molecule has 1 N–H and O–H groups in total. The Bertz CT molecular complexity index is 876. The second-order valence-electron chi connectivity index (χ2n) is 5.48. The number of rotatable bonds is 3. The van der Waals surface area contributed by atoms with Gasteiger partial charge < -0.3 is 10.1 Å². The van der Waals surface area contributed by atoms with E-state index < -0.39 is 0 Å². The minimum absolute atomic E-state index is 0. The molecule has 0 saturated carbocycles. The van der Waals surface area contributed by atoms with Crippen LogP contribution in [0.3, 0.4) is 0 Å². The molecule has 0 atom stereocenters. The average Bonchev–Trinajstić information content (AvgIpc) is 2.56. The van der Waals surface area contributed by atoms with E-state index in [2.05, 4.69) is 29.4 Å². The maximum Gasteiger partial charge on any atom is 0.337 e. The van der Waals surface area contributed by atoms with Crippen molar-refractivity contribution >= 4 is 40.7 Å². The topological polar surface area (TPSA) is 51.2 Å². The van der Waals surface area contributed by atoms with Gasteiger partial charge in [-0.1, -0.05) is 18.2 Å². The van der Waals surface area contributed by atoms with Crippen molar-refractivity contribution in [1.82, 2.24) is 4.98 Å². The van der Waals surface area contributed by atoms with Crippen LogP contribution in [0.15, 0.2) is 48.5 Å². The third-order valence-corrected chi connectivity index (χ3v) is 3.75. The molecule has 3 aromatic rings. The van der Waals surface area contributed by atoms with E-state index in [1.54, 1.807) is 12.1 Å². The number of aromatic nitrogens is 1. The molecule has 0 aliphatic rings. The first kappa shape index (κ1) is 17.8. The van der Waals surface area contributed by atoms with E-state index in [9.17, 15) is 4.79 Å². The maximum absolute atomic E-state index is 11.5. The number of nitrogens with one attached hydrogen (secondary N) is 1. The summed E-state index contributed by atoms with van der Waals surface area (Å²) in [6.45, 7) is 4.04. The second-order valence-corrected chi connectivity index (χ2v) is 5.48. The van der Waals surface area contributed by atoms with Crippen LogP contribution in [0.2, 0.25) is 0 Å². The first-order chi connectivity index (χ1) is 11.1. The van der Waals surface area contributed by atoms with Crippen LogP contribution in [0, 0.1) is 13.8 Å². The molecule has 3 rings (SSSR count). The highest BCUT2D eigenvalue weighted by Gasteiger charge is 2.08. The number of hydrogen-bond acceptors (Lipinski definition) is 4. The summed E-state index contributed by atoms with van der Waals surface area (Å²) in [5, 5.41) is 4.48. The van der Waals surface area contributed by atoms with Crippen molar-refractivity contribution in [2.75, 3.05) is 12.4 Å². The van der Waals surface area contributed by atoms with E-state index in [0.717, 1.165) is 33.5 Å². The molecule has 1 heterocycles. The Labute approximate surface area is 147 Å². The lowest BCUT2D eigenvalue weighted by Gasteiger charge is -2.12. The molecule has 124 valence electrons. The zero-order valence-electron chi connectivity index (χ0n) is 13.8. The van der Waals surface area contributed by atoms with Crippen LogP contribution in [-0.4, -0.2) is 18.1 Å². The predicted octanol–water partition coefficient (Wildman–Crippen LogP) is 4.80. The van der Waals surface area contributed by atoms with Crippen molar-refractivity contribution in [3.8, 4) is 0 Å². The quantitative estimate of drug-likeness (QED) is 0.694. The van der Waals surface area contributed by atoms with Gasteiger partial charge in [0, 0.05) is 22.5 Å². The fraction of sp³-hybridized carbons (Fsp3) is 0.158. The standard InChI is InChI=1S/C19H18N2O2.ClH/c1-12-5-4-6-16-17(11-13(2)20-18(12)16)21-15-9-7-14(8-10-15)19(22)23-3;/h4-11H,1-3H3,(H,20,21);1H. The number of pyridine rings is 1. The molecule has 0 radical (unpaired) electrons. The highest BCUT2D eigenvalue weighted by Crippen LogP contribution is 2.28. The molecular formula is C19H19ClN2O2. The van der Waals surface area contributed by atoms with Gasteiger partial charge in [0.15, 0.2) is 0 Å². The van der Waals surface area contributed by atoms with Crippen LogP contribution >= 0.6 is 12.4 Å². The SMILES string of the molecule is COC(=O)c1ccc(Nc2cc(C)nc3c(C)cccc23)cc1.Cl. The van der Waals surface area contributed by atoms with Crippen molar-refractivity contribution in [1.29, 1.82) is 0 Å². The lowest BCUT2D eigenvalue weighted by molar-refractivity contribution is 0.0601. The van der Waals surface area contributed by atoms with E-state index in [1.165, 1.54) is 7.11 Å². The van der Waals surface area contributed by atoms with Gasteiger partial charge in [0.2, 0.25) is 0 Å². The number of hydrogen-bond donors (Lipinski definition) is 1. The Kier molecular flexibility index (Phi) is 5.42. The van der Waals surface area contributed by atoms with Gasteiger partial charge in [0.1, 0.15) is 0 Å². The number of esters is 1. The molecule has 0 fully saturated rings. The molecule has 1 aromatic heterocycles. The van der Waals surface area contributed by atoms with Gasteiger partial charge in [-0.15, -0.1) is 12.4 Å². The average molecular weight is 343 g/mol. The Morgan fingerprint density at radius 3 is 2.46 bits per heavy atom. The largest absolute Gasteiger partial charge is 0.465 e. The Morgan fingerprint density at radius 2 is 1.79 bits per heavy atom. The van der Waals surface area contributed by atoms with Crippen LogP contribution in [0.1, 0.15) is 21.6 Å². The third kappa shape index (κ3) is 3.49. The molecule has 0 unspecified atom stereocenters. The van der Waals surface area contributed by atoms with E-state index in [4.69, 9.17) is 4.74 Å². The number of para-hydroxylation sites is 1. The number of carbonyl (C=O) groups is 1. The van der Waals surface area contributed by atoms with Crippen molar-refractivity contribution in [2.24, 2.45) is 0 Å². The van der Waals surface area contributed by atoms with Crippen LogP contribution in [0.5, 0.6) is 0 Å². The summed E-state index contributed by atoms with van der Waals surface area (Å²) in [4.78, 5) is 16.1. The van der Waals surface area contributed by atoms with Crippen LogP contribution in [0.25, 0.3) is 10.9 Å². The molecule has 0 aliphatic carbocycles. The van der Waals surface area contributed by atoms with Gasteiger partial charge in [-0.2, -0.15) is 0 Å². The molecule has 2 aromatic carbocycles. The number of nitrogens with zero attached hydrogens (tertiary/aromatic N) is 1. The summed E-state index contributed by atoms with van der Waals surface area (Å²) in [6.07, 6.45) is 0. The predicted molar refractivity (Wildman–Crippen MR) is 99.5 cm³/mol. The monoisotopic (exact) mass is 342 g/mol. The molecule has 0 saturated heterocycles. The third-order valence-electron chi connectivity index (χ3n) is 3.75. The number of carbonyl (C=O) groups excluding carboxylic acids is 1. The smallest absolute Gasteiger partial charge is 0.337 e. The van der Waals surface area contributed by atoms with E-state index in [0.29, 0.717) is 5.56 Å². The summed E-state index contributed by atoms with van der Waals surface area (Å²) in [6, 6.07) is 15.4. The van der Waals surface area contributed by atoms with Crippen LogP contribution < -0.4 is 5.32 Å². The normalized spacial score (nSPS) is 10.1. The van der Waals surface area contributed by atoms with Crippen LogP contribution in [0.4, 0.5) is 11.4 Å². The highest BCUT2D eigenvalue weighted by atomic mass is 35.5. The van der Waals surface area contributed by atoms with Crippen LogP contribution in [-0.2, 0) is 4.74 Å². The zero-order valence-corrected chi connectivity index (χ0v) is 14.6. The number of methoxy groups -OCH3 is 1. The molecule has 0 amide bonds. The maximum atomic E-state index is 11.5. The Hall–Kier alpha value is -2.59. The lowest BCUT2D eigenvalue weighted by atomic mass is 10.1. The first-order valence-corrected chi connectivity index (χ1v) is 7.41. The summed E-state index contributed by atoms with van der Waals surface area (Å²) in [7, 11) is 1.38. The number of halogens is 1. The number of fused-ring (bicyclic) bond motifs is 1. The van der Waals surface area contributed by atoms with E-state index in [1.807, 2.05) is 31.2 Å². The van der Waals surface area contributed by atoms with E-state index >= 15 is 0 Å². The summed E-state index contributed by atoms with van der Waals surface area (Å²) in [5.41, 5.74) is 5.55. The number of ether oxygens (including phenoxy) is 1. The zero-order chi connectivity index (χ0) is 16.4. The fourth-order valence-corrected chi connectivity index (χ4v) is 2.59. The molecule has 4 nitrogen and oxygen atoms in total. The molecular weight excluding hydrogens is 324 g/mol. The molecule has 0 bridgehead atoms. The molecule has 24 heavy (non-hydrogen) atoms. The summed E-state index contributed by atoms with van der Waals surface area (Å²) in [5.74, 6) is -0.336. The van der Waals surface area contributed by atoms with Gasteiger partial charge in [-0.3, -0.25) is 4.98 Å². The molecule has 0 spiro atoms. The van der Waals surface area contributed by atoms with Gasteiger partial charge in [0.25, 0.3) is 0 Å². The highest BCUT2D eigenvalue weighted by molar-refractivity contribution is 5.95. The summed E-state index contributed by atoms with van der Waals surface area (Å²) < 4.78 is 4.71. The summed E-state index contributed by atoms with van der Waals surface area (Å²) >= 11 is 0. The minimum Gasteiger partial charge on any atom is -0.465 e. The Morgan fingerprint density at radius 1 is 1.08 bits per heavy atom. The first-order valence-electron chi connectivity index (χ1n) is 7.41. The van der Waals surface area contributed by atoms with Gasteiger partial charge >= 0.3 is 5.97 Å². The van der Waals surface area contributed by atoms with Crippen molar-refractivity contribution in [3.05, 3.63) is 65.4 Å².